The maximum absolute atomic E-state index is 12.7. The number of ether oxygens (including phenoxy) is 1. The predicted octanol–water partition coefficient (Wildman–Crippen LogP) is 2.19. The van der Waals surface area contributed by atoms with Crippen LogP contribution < -0.4 is 10.3 Å². The fourth-order valence-electron chi connectivity index (χ4n) is 3.10. The first-order valence-corrected chi connectivity index (χ1v) is 8.92. The van der Waals surface area contributed by atoms with Crippen LogP contribution in [0.25, 0.3) is 10.2 Å². The monoisotopic (exact) mass is 355 g/mol. The molecule has 0 saturated carbocycles. The summed E-state index contributed by atoms with van der Waals surface area (Å²) in [5.74, 6) is 1.10. The van der Waals surface area contributed by atoms with Gasteiger partial charge in [0.05, 0.1) is 18.0 Å². The summed E-state index contributed by atoms with van der Waals surface area (Å²) in [6, 6.07) is 9.59. The van der Waals surface area contributed by atoms with Gasteiger partial charge in [0.1, 0.15) is 22.9 Å². The van der Waals surface area contributed by atoms with E-state index < -0.39 is 0 Å². The number of aromatic nitrogens is 2. The van der Waals surface area contributed by atoms with Crippen molar-refractivity contribution in [3.05, 3.63) is 57.5 Å². The highest BCUT2D eigenvalue weighted by atomic mass is 32.1. The molecule has 25 heavy (non-hydrogen) atoms. The molecular formula is C18H17N3O3S. The fraction of sp³-hybridized carbons (Fsp3) is 0.278. The average Bonchev–Trinajstić information content (AvgIpc) is 3.09. The van der Waals surface area contributed by atoms with E-state index in [0.717, 1.165) is 11.3 Å². The average molecular weight is 355 g/mol. The minimum absolute atomic E-state index is 0.0115. The van der Waals surface area contributed by atoms with E-state index in [-0.39, 0.29) is 23.9 Å². The van der Waals surface area contributed by atoms with Gasteiger partial charge in [0.25, 0.3) is 5.56 Å². The highest BCUT2D eigenvalue weighted by Crippen LogP contribution is 2.27. The number of fused-ring (bicyclic) bond motifs is 2. The Morgan fingerprint density at radius 3 is 3.12 bits per heavy atom. The summed E-state index contributed by atoms with van der Waals surface area (Å²) in [6.45, 7) is 0.631. The molecule has 1 aliphatic heterocycles. The Bertz CT molecular complexity index is 994. The third-order valence-corrected chi connectivity index (χ3v) is 5.26. The number of carbonyl (C=O) groups is 1. The van der Waals surface area contributed by atoms with Crippen molar-refractivity contribution in [3.8, 4) is 5.75 Å². The summed E-state index contributed by atoms with van der Waals surface area (Å²) in [5.41, 5.74) is 1.55. The van der Waals surface area contributed by atoms with Gasteiger partial charge in [-0.3, -0.25) is 9.59 Å². The highest BCUT2D eigenvalue weighted by Gasteiger charge is 2.28. The number of hydrogen-bond donors (Lipinski definition) is 1. The molecule has 1 aromatic carbocycles. The van der Waals surface area contributed by atoms with Crippen LogP contribution in [-0.2, 0) is 17.8 Å². The quantitative estimate of drug-likeness (QED) is 0.781. The number of para-hydroxylation sites is 1. The number of benzene rings is 1. The van der Waals surface area contributed by atoms with Gasteiger partial charge in [-0.2, -0.15) is 0 Å². The van der Waals surface area contributed by atoms with Gasteiger partial charge in [0, 0.05) is 7.05 Å². The molecule has 0 saturated heterocycles. The summed E-state index contributed by atoms with van der Waals surface area (Å²) in [5, 5.41) is 1.84. The van der Waals surface area contributed by atoms with Crippen LogP contribution in [0.5, 0.6) is 5.75 Å². The zero-order valence-electron chi connectivity index (χ0n) is 13.7. The molecule has 3 heterocycles. The van der Waals surface area contributed by atoms with Crippen LogP contribution in [0.15, 0.2) is 40.5 Å². The van der Waals surface area contributed by atoms with Crippen molar-refractivity contribution in [2.45, 2.75) is 13.0 Å². The largest absolute Gasteiger partial charge is 0.492 e. The van der Waals surface area contributed by atoms with E-state index in [1.54, 1.807) is 11.9 Å². The number of H-pyrrole nitrogens is 1. The Morgan fingerprint density at radius 2 is 2.24 bits per heavy atom. The van der Waals surface area contributed by atoms with Crippen LogP contribution in [0.1, 0.15) is 11.4 Å². The second kappa shape index (κ2) is 6.33. The number of nitrogens with zero attached hydrogens (tertiary/aromatic N) is 2. The molecule has 4 rings (SSSR count). The molecule has 0 aliphatic carbocycles. The van der Waals surface area contributed by atoms with Gasteiger partial charge >= 0.3 is 0 Å². The van der Waals surface area contributed by atoms with E-state index in [0.29, 0.717) is 29.1 Å². The van der Waals surface area contributed by atoms with Gasteiger partial charge in [0.2, 0.25) is 5.91 Å². The van der Waals surface area contributed by atoms with Crippen LogP contribution in [0.4, 0.5) is 0 Å². The molecule has 7 heteroatoms. The zero-order chi connectivity index (χ0) is 17.4. The van der Waals surface area contributed by atoms with Crippen LogP contribution in [0.3, 0.4) is 0 Å². The van der Waals surface area contributed by atoms with Crippen molar-refractivity contribution in [2.24, 2.45) is 5.92 Å². The number of thiophene rings is 1. The van der Waals surface area contributed by atoms with Gasteiger partial charge < -0.3 is 14.6 Å². The molecule has 1 unspecified atom stereocenters. The van der Waals surface area contributed by atoms with Gasteiger partial charge in [0.15, 0.2) is 0 Å². The summed E-state index contributed by atoms with van der Waals surface area (Å²) in [4.78, 5) is 33.6. The minimum Gasteiger partial charge on any atom is -0.492 e. The zero-order valence-corrected chi connectivity index (χ0v) is 14.5. The predicted molar refractivity (Wildman–Crippen MR) is 95.8 cm³/mol. The SMILES string of the molecule is CN(Cc1nc2ccsc2c(=O)[nH]1)C(=O)C1COc2ccccc2C1. The van der Waals surface area contributed by atoms with E-state index in [4.69, 9.17) is 4.74 Å². The lowest BCUT2D eigenvalue weighted by molar-refractivity contribution is -0.136. The Hall–Kier alpha value is -2.67. The first kappa shape index (κ1) is 15.8. The molecule has 128 valence electrons. The first-order chi connectivity index (χ1) is 12.1. The molecule has 0 radical (unpaired) electrons. The molecule has 0 bridgehead atoms. The normalized spacial score (nSPS) is 16.3. The van der Waals surface area contributed by atoms with Crippen LogP contribution in [0.2, 0.25) is 0 Å². The van der Waals surface area contributed by atoms with Gasteiger partial charge in [-0.15, -0.1) is 11.3 Å². The molecule has 0 fully saturated rings. The third-order valence-electron chi connectivity index (χ3n) is 4.36. The van der Waals surface area contributed by atoms with Crippen molar-refractivity contribution in [3.63, 3.8) is 0 Å². The molecule has 1 N–H and O–H groups in total. The molecule has 0 spiro atoms. The lowest BCUT2D eigenvalue weighted by Crippen LogP contribution is -2.38. The molecule has 1 amide bonds. The van der Waals surface area contributed by atoms with E-state index >= 15 is 0 Å². The maximum atomic E-state index is 12.7. The Balaban J connectivity index is 1.49. The standard InChI is InChI=1S/C18H17N3O3S/c1-21(9-15-19-13-6-7-25-16(13)17(22)20-15)18(23)12-8-11-4-2-3-5-14(11)24-10-12/h2-7,12H,8-10H2,1H3,(H,19,20,22). The first-order valence-electron chi connectivity index (χ1n) is 8.04. The van der Waals surface area contributed by atoms with E-state index in [1.165, 1.54) is 11.3 Å². The summed E-state index contributed by atoms with van der Waals surface area (Å²) in [7, 11) is 1.72. The van der Waals surface area contributed by atoms with E-state index in [2.05, 4.69) is 9.97 Å². The van der Waals surface area contributed by atoms with Crippen molar-refractivity contribution in [1.29, 1.82) is 0 Å². The van der Waals surface area contributed by atoms with Gasteiger partial charge in [-0.05, 0) is 29.5 Å². The van der Waals surface area contributed by atoms with E-state index in [1.807, 2.05) is 35.7 Å². The molecule has 1 atom stereocenters. The smallest absolute Gasteiger partial charge is 0.268 e. The number of aromatic amines is 1. The highest BCUT2D eigenvalue weighted by molar-refractivity contribution is 7.17. The van der Waals surface area contributed by atoms with Crippen molar-refractivity contribution in [1.82, 2.24) is 14.9 Å². The maximum Gasteiger partial charge on any atom is 0.268 e. The molecule has 6 nitrogen and oxygen atoms in total. The van der Waals surface area contributed by atoms with Gasteiger partial charge in [-0.25, -0.2) is 4.98 Å². The lowest BCUT2D eigenvalue weighted by atomic mass is 9.95. The number of amides is 1. The Kier molecular flexibility index (Phi) is 4.01. The lowest BCUT2D eigenvalue weighted by Gasteiger charge is -2.28. The summed E-state index contributed by atoms with van der Waals surface area (Å²) >= 11 is 1.36. The minimum atomic E-state index is -0.225. The van der Waals surface area contributed by atoms with E-state index in [9.17, 15) is 9.59 Å². The Labute approximate surface area is 148 Å². The Morgan fingerprint density at radius 1 is 1.40 bits per heavy atom. The topological polar surface area (TPSA) is 75.3 Å². The molecule has 1 aliphatic rings. The second-order valence-corrected chi connectivity index (χ2v) is 7.08. The van der Waals surface area contributed by atoms with Crippen LogP contribution >= 0.6 is 11.3 Å². The molecule has 3 aromatic rings. The van der Waals surface area contributed by atoms with Crippen LogP contribution in [-0.4, -0.2) is 34.4 Å². The molecule has 2 aromatic heterocycles. The second-order valence-electron chi connectivity index (χ2n) is 6.16. The number of rotatable bonds is 3. The number of nitrogens with one attached hydrogen (secondary N) is 1. The van der Waals surface area contributed by atoms with Crippen molar-refractivity contribution in [2.75, 3.05) is 13.7 Å². The van der Waals surface area contributed by atoms with Crippen LogP contribution in [0, 0.1) is 5.92 Å². The third kappa shape index (κ3) is 3.02. The fourth-order valence-corrected chi connectivity index (χ4v) is 3.82. The van der Waals surface area contributed by atoms with Crippen molar-refractivity contribution >= 4 is 27.5 Å². The molecular weight excluding hydrogens is 338 g/mol. The number of hydrogen-bond acceptors (Lipinski definition) is 5. The summed E-state index contributed by atoms with van der Waals surface area (Å²) < 4.78 is 6.31. The summed E-state index contributed by atoms with van der Waals surface area (Å²) in [6.07, 6.45) is 0.660. The van der Waals surface area contributed by atoms with Gasteiger partial charge in [-0.1, -0.05) is 18.2 Å². The van der Waals surface area contributed by atoms with Crippen molar-refractivity contribution < 1.29 is 9.53 Å². The number of carbonyl (C=O) groups excluding carboxylic acids is 1.